The molecule has 0 aliphatic carbocycles. The lowest BCUT2D eigenvalue weighted by molar-refractivity contribution is 0.105. The van der Waals surface area contributed by atoms with Crippen LogP contribution in [0.15, 0.2) is 6.07 Å². The van der Waals surface area contributed by atoms with Crippen LogP contribution in [0.5, 0.6) is 17.2 Å². The Hall–Kier alpha value is -1.46. The van der Waals surface area contributed by atoms with E-state index in [-0.39, 0.29) is 6.79 Å². The standard InChI is InChI=1S/C12H15NO4/c1-13-4-8-7(9(14)5-13)3-10(15-2)12-11(8)16-6-17-12/h3,9,14H,4-6H2,1-2H3/t9-/m1/s1. The van der Waals surface area contributed by atoms with Gasteiger partial charge in [0, 0.05) is 18.7 Å². The summed E-state index contributed by atoms with van der Waals surface area (Å²) in [5, 5.41) is 10.1. The van der Waals surface area contributed by atoms with E-state index < -0.39 is 6.10 Å². The number of ether oxygens (including phenoxy) is 3. The average Bonchev–Trinajstić information content (AvgIpc) is 2.77. The number of hydrogen-bond acceptors (Lipinski definition) is 5. The lowest BCUT2D eigenvalue weighted by Gasteiger charge is -2.30. The Balaban J connectivity index is 2.18. The Morgan fingerprint density at radius 2 is 2.18 bits per heavy atom. The van der Waals surface area contributed by atoms with Crippen molar-refractivity contribution in [2.24, 2.45) is 0 Å². The average molecular weight is 237 g/mol. The van der Waals surface area contributed by atoms with Gasteiger partial charge in [-0.3, -0.25) is 4.90 Å². The highest BCUT2D eigenvalue weighted by molar-refractivity contribution is 5.61. The van der Waals surface area contributed by atoms with Gasteiger partial charge in [-0.15, -0.1) is 0 Å². The zero-order chi connectivity index (χ0) is 12.0. The number of likely N-dealkylation sites (N-methyl/N-ethyl adjacent to an activating group) is 1. The van der Waals surface area contributed by atoms with E-state index in [1.54, 1.807) is 7.11 Å². The van der Waals surface area contributed by atoms with Crippen LogP contribution in [0.25, 0.3) is 0 Å². The van der Waals surface area contributed by atoms with E-state index in [1.165, 1.54) is 0 Å². The number of rotatable bonds is 1. The van der Waals surface area contributed by atoms with E-state index in [0.717, 1.165) is 17.7 Å². The maximum absolute atomic E-state index is 10.1. The van der Waals surface area contributed by atoms with Crippen molar-refractivity contribution in [1.82, 2.24) is 4.90 Å². The SMILES string of the molecule is COc1cc2c(c3c1OCO3)CN(C)C[C@H]2O. The molecule has 0 bridgehead atoms. The minimum Gasteiger partial charge on any atom is -0.493 e. The first kappa shape index (κ1) is 10.7. The van der Waals surface area contributed by atoms with Gasteiger partial charge in [-0.25, -0.2) is 0 Å². The van der Waals surface area contributed by atoms with Gasteiger partial charge in [-0.1, -0.05) is 0 Å². The number of hydrogen-bond donors (Lipinski definition) is 1. The molecule has 1 N–H and O–H groups in total. The summed E-state index contributed by atoms with van der Waals surface area (Å²) in [7, 11) is 3.56. The van der Waals surface area contributed by atoms with Crippen LogP contribution in [0, 0.1) is 0 Å². The van der Waals surface area contributed by atoms with Crippen LogP contribution in [-0.2, 0) is 6.54 Å². The fraction of sp³-hybridized carbons (Fsp3) is 0.500. The number of aliphatic hydroxyl groups is 1. The van der Waals surface area contributed by atoms with Crippen LogP contribution in [0.4, 0.5) is 0 Å². The molecule has 0 saturated carbocycles. The molecule has 2 aliphatic rings. The van der Waals surface area contributed by atoms with Crippen molar-refractivity contribution < 1.29 is 19.3 Å². The van der Waals surface area contributed by atoms with Crippen molar-refractivity contribution in [2.45, 2.75) is 12.6 Å². The van der Waals surface area contributed by atoms with E-state index in [2.05, 4.69) is 4.90 Å². The minimum absolute atomic E-state index is 0.210. The van der Waals surface area contributed by atoms with Crippen LogP contribution in [-0.4, -0.2) is 37.5 Å². The highest BCUT2D eigenvalue weighted by Crippen LogP contribution is 2.48. The summed E-state index contributed by atoms with van der Waals surface area (Å²) < 4.78 is 16.2. The van der Waals surface area contributed by atoms with Gasteiger partial charge in [0.1, 0.15) is 0 Å². The molecule has 0 saturated heterocycles. The number of benzene rings is 1. The normalized spacial score (nSPS) is 22.4. The molecular formula is C12H15NO4. The van der Waals surface area contributed by atoms with Gasteiger partial charge in [0.05, 0.1) is 13.2 Å². The largest absolute Gasteiger partial charge is 0.493 e. The molecule has 5 heteroatoms. The summed E-state index contributed by atoms with van der Waals surface area (Å²) in [5.41, 5.74) is 1.88. The second-order valence-corrected chi connectivity index (χ2v) is 4.42. The van der Waals surface area contributed by atoms with Gasteiger partial charge in [-0.2, -0.15) is 0 Å². The molecule has 1 aromatic carbocycles. The maximum Gasteiger partial charge on any atom is 0.231 e. The zero-order valence-corrected chi connectivity index (χ0v) is 9.90. The molecule has 17 heavy (non-hydrogen) atoms. The fourth-order valence-corrected chi connectivity index (χ4v) is 2.45. The van der Waals surface area contributed by atoms with Gasteiger partial charge in [-0.05, 0) is 18.7 Å². The molecule has 3 rings (SSSR count). The molecule has 0 aromatic heterocycles. The molecule has 0 unspecified atom stereocenters. The smallest absolute Gasteiger partial charge is 0.231 e. The van der Waals surface area contributed by atoms with Crippen LogP contribution >= 0.6 is 0 Å². The first-order valence-electron chi connectivity index (χ1n) is 5.56. The molecule has 1 atom stereocenters. The number of nitrogens with zero attached hydrogens (tertiary/aromatic N) is 1. The van der Waals surface area contributed by atoms with Crippen molar-refractivity contribution in [3.05, 3.63) is 17.2 Å². The van der Waals surface area contributed by atoms with E-state index in [4.69, 9.17) is 14.2 Å². The monoisotopic (exact) mass is 237 g/mol. The molecule has 2 aliphatic heterocycles. The van der Waals surface area contributed by atoms with Crippen LogP contribution in [0.2, 0.25) is 0 Å². The summed E-state index contributed by atoms with van der Waals surface area (Å²) in [5.74, 6) is 1.98. The molecule has 1 aromatic rings. The lowest BCUT2D eigenvalue weighted by atomic mass is 9.96. The fourth-order valence-electron chi connectivity index (χ4n) is 2.45. The van der Waals surface area contributed by atoms with Crippen molar-refractivity contribution in [1.29, 1.82) is 0 Å². The van der Waals surface area contributed by atoms with Gasteiger partial charge in [0.25, 0.3) is 0 Å². The first-order valence-corrected chi connectivity index (χ1v) is 5.56. The van der Waals surface area contributed by atoms with Crippen molar-refractivity contribution in [2.75, 3.05) is 27.5 Å². The summed E-state index contributed by atoms with van der Waals surface area (Å²) >= 11 is 0. The third-order valence-electron chi connectivity index (χ3n) is 3.24. The Morgan fingerprint density at radius 3 is 2.94 bits per heavy atom. The summed E-state index contributed by atoms with van der Waals surface area (Å²) in [6.45, 7) is 1.58. The molecule has 2 heterocycles. The van der Waals surface area contributed by atoms with E-state index in [0.29, 0.717) is 23.8 Å². The predicted molar refractivity (Wildman–Crippen MR) is 60.4 cm³/mol. The molecule has 0 radical (unpaired) electrons. The highest BCUT2D eigenvalue weighted by atomic mass is 16.7. The van der Waals surface area contributed by atoms with Gasteiger partial charge >= 0.3 is 0 Å². The van der Waals surface area contributed by atoms with Gasteiger partial charge in [0.2, 0.25) is 12.5 Å². The van der Waals surface area contributed by atoms with Gasteiger partial charge in [0.15, 0.2) is 11.5 Å². The third kappa shape index (κ3) is 1.54. The van der Waals surface area contributed by atoms with Gasteiger partial charge < -0.3 is 19.3 Å². The molecule has 0 amide bonds. The second kappa shape index (κ2) is 3.78. The van der Waals surface area contributed by atoms with E-state index in [1.807, 2.05) is 13.1 Å². The Labute approximate surface area is 99.5 Å². The molecule has 5 nitrogen and oxygen atoms in total. The second-order valence-electron chi connectivity index (χ2n) is 4.42. The molecule has 0 fully saturated rings. The Morgan fingerprint density at radius 1 is 1.41 bits per heavy atom. The minimum atomic E-state index is -0.507. The van der Waals surface area contributed by atoms with Crippen LogP contribution < -0.4 is 14.2 Å². The number of aliphatic hydroxyl groups excluding tert-OH is 1. The summed E-state index contributed by atoms with van der Waals surface area (Å²) in [4.78, 5) is 2.06. The van der Waals surface area contributed by atoms with Crippen LogP contribution in [0.1, 0.15) is 17.2 Å². The third-order valence-corrected chi connectivity index (χ3v) is 3.24. The number of β-amino-alcohol motifs (C(OH)–C–C–N with tert-alkyl or cyclic N) is 1. The predicted octanol–water partition coefficient (Wildman–Crippen LogP) is 0.903. The first-order chi connectivity index (χ1) is 8.20. The lowest BCUT2D eigenvalue weighted by Crippen LogP contribution is -2.30. The topological polar surface area (TPSA) is 51.2 Å². The Kier molecular flexibility index (Phi) is 2.38. The molecule has 92 valence electrons. The summed E-state index contributed by atoms with van der Waals surface area (Å²) in [6, 6.07) is 1.85. The number of methoxy groups -OCH3 is 1. The molecular weight excluding hydrogens is 222 g/mol. The Bertz CT molecular complexity index is 460. The van der Waals surface area contributed by atoms with Crippen molar-refractivity contribution in [3.63, 3.8) is 0 Å². The maximum atomic E-state index is 10.1. The van der Waals surface area contributed by atoms with E-state index >= 15 is 0 Å². The zero-order valence-electron chi connectivity index (χ0n) is 9.90. The van der Waals surface area contributed by atoms with Crippen molar-refractivity contribution in [3.8, 4) is 17.2 Å². The molecule has 0 spiro atoms. The highest BCUT2D eigenvalue weighted by Gasteiger charge is 2.31. The van der Waals surface area contributed by atoms with Crippen molar-refractivity contribution >= 4 is 0 Å². The van der Waals surface area contributed by atoms with E-state index in [9.17, 15) is 5.11 Å². The summed E-state index contributed by atoms with van der Waals surface area (Å²) in [6.07, 6.45) is -0.507. The quantitative estimate of drug-likeness (QED) is 0.786. The van der Waals surface area contributed by atoms with Crippen LogP contribution in [0.3, 0.4) is 0 Å². The number of fused-ring (bicyclic) bond motifs is 3.